The van der Waals surface area contributed by atoms with Crippen molar-refractivity contribution in [1.82, 2.24) is 0 Å². The molecule has 2 aromatic carbocycles. The van der Waals surface area contributed by atoms with Crippen molar-refractivity contribution in [2.45, 2.75) is 79.9 Å². The molecule has 2 aromatic rings. The highest BCUT2D eigenvalue weighted by Crippen LogP contribution is 2.50. The number of aliphatic hydroxyl groups is 6. The zero-order valence-electron chi connectivity index (χ0n) is 27.2. The van der Waals surface area contributed by atoms with Crippen molar-refractivity contribution >= 4 is 5.78 Å². The van der Waals surface area contributed by atoms with Gasteiger partial charge in [-0.05, 0) is 23.8 Å². The van der Waals surface area contributed by atoms with Gasteiger partial charge in [0.1, 0.15) is 78.8 Å². The van der Waals surface area contributed by atoms with Crippen LogP contribution in [0.4, 0.5) is 0 Å². The van der Waals surface area contributed by atoms with E-state index < -0.39 is 80.0 Å². The predicted octanol–water partition coefficient (Wildman–Crippen LogP) is -1.04. The SMILES string of the molecule is C=C(CO[C@H]1O[C@@H](CO[C@H]2OC[C@@H](O)[C@@H](O)[C@H]2O)[C@@H](O)[C@@H](O)[C@H]1O)[C@H]1Cc2c(ccc3c2O[C@H]2COc4cc(OC)c(OC)cc4[C@@H]2C3=O)O1. The van der Waals surface area contributed by atoms with Crippen LogP contribution >= 0.6 is 0 Å². The number of benzene rings is 2. The van der Waals surface area contributed by atoms with Gasteiger partial charge in [0.05, 0.1) is 45.5 Å². The number of hydrogen-bond donors (Lipinski definition) is 6. The molecule has 0 aromatic heterocycles. The quantitative estimate of drug-likeness (QED) is 0.172. The molecule has 16 nitrogen and oxygen atoms in total. The fourth-order valence-electron chi connectivity index (χ4n) is 6.88. The highest BCUT2D eigenvalue weighted by Gasteiger charge is 2.48. The number of methoxy groups -OCH3 is 2. The van der Waals surface area contributed by atoms with E-state index in [4.69, 9.17) is 42.6 Å². The molecule has 7 rings (SSSR count). The molecule has 0 spiro atoms. The minimum absolute atomic E-state index is 0.123. The average molecular weight is 705 g/mol. The van der Waals surface area contributed by atoms with Crippen molar-refractivity contribution in [2.75, 3.05) is 40.6 Å². The van der Waals surface area contributed by atoms with Crippen LogP contribution in [0, 0.1) is 0 Å². The molecule has 0 saturated carbocycles. The van der Waals surface area contributed by atoms with Gasteiger partial charge < -0.3 is 73.3 Å². The number of ketones is 1. The smallest absolute Gasteiger partial charge is 0.187 e. The highest BCUT2D eigenvalue weighted by molar-refractivity contribution is 6.06. The Morgan fingerprint density at radius 3 is 2.36 bits per heavy atom. The van der Waals surface area contributed by atoms with E-state index in [9.17, 15) is 35.4 Å². The maximum absolute atomic E-state index is 13.9. The van der Waals surface area contributed by atoms with Crippen molar-refractivity contribution < 1.29 is 78.1 Å². The maximum Gasteiger partial charge on any atom is 0.187 e. The average Bonchev–Trinajstić information content (AvgIpc) is 3.57. The van der Waals surface area contributed by atoms with E-state index in [2.05, 4.69) is 6.58 Å². The Morgan fingerprint density at radius 1 is 0.860 bits per heavy atom. The van der Waals surface area contributed by atoms with Crippen molar-refractivity contribution in [3.63, 3.8) is 0 Å². The Balaban J connectivity index is 0.993. The normalized spacial score (nSPS) is 35.7. The Kier molecular flexibility index (Phi) is 9.68. The van der Waals surface area contributed by atoms with Crippen LogP contribution in [0.1, 0.15) is 27.4 Å². The van der Waals surface area contributed by atoms with Crippen LogP contribution in [0.15, 0.2) is 36.4 Å². The number of ether oxygens (including phenoxy) is 9. The maximum atomic E-state index is 13.9. The highest BCUT2D eigenvalue weighted by atomic mass is 16.7. The summed E-state index contributed by atoms with van der Waals surface area (Å²) in [5, 5.41) is 61.2. The van der Waals surface area contributed by atoms with E-state index in [0.29, 0.717) is 57.4 Å². The van der Waals surface area contributed by atoms with E-state index in [1.165, 1.54) is 14.2 Å². The van der Waals surface area contributed by atoms with Crippen LogP contribution in [0.3, 0.4) is 0 Å². The van der Waals surface area contributed by atoms with Crippen LogP contribution < -0.4 is 23.7 Å². The summed E-state index contributed by atoms with van der Waals surface area (Å²) in [6.07, 6.45) is -14.1. The molecule has 5 aliphatic heterocycles. The zero-order valence-corrected chi connectivity index (χ0v) is 27.2. The summed E-state index contributed by atoms with van der Waals surface area (Å²) in [6, 6.07) is 6.82. The first-order chi connectivity index (χ1) is 24.0. The lowest BCUT2D eigenvalue weighted by molar-refractivity contribution is -0.319. The Hall–Kier alpha value is -3.55. The molecular formula is C34H40O16. The van der Waals surface area contributed by atoms with Gasteiger partial charge >= 0.3 is 0 Å². The molecule has 50 heavy (non-hydrogen) atoms. The van der Waals surface area contributed by atoms with Gasteiger partial charge in [0, 0.05) is 23.6 Å². The Morgan fingerprint density at radius 2 is 1.60 bits per heavy atom. The first-order valence-electron chi connectivity index (χ1n) is 16.2. The lowest BCUT2D eigenvalue weighted by atomic mass is 9.81. The standard InChI is InChI=1S/C34H40O16/c1-13(9-45-34-31(41)29(39)28(38)24(50-34)12-47-33-30(40)27(37)17(35)10-46-33)19-7-16-18(48-19)5-4-14-26(36)25-15-6-21(42-2)22(43-3)8-20(15)44-11-23(25)49-32(14)16/h4-6,8,17,19,23-25,27-31,33-35,37-41H,1,7,9-12H2,2-3H3/t17-,19-,23+,24+,25+,27-,28-,29-,30-,31-,33-,34+/m1/s1. The topological polar surface area (TPSA) is 222 Å². The lowest BCUT2D eigenvalue weighted by Crippen LogP contribution is -2.60. The molecule has 272 valence electrons. The molecule has 0 bridgehead atoms. The molecule has 0 radical (unpaired) electrons. The van der Waals surface area contributed by atoms with Gasteiger partial charge in [0.2, 0.25) is 0 Å². The van der Waals surface area contributed by atoms with E-state index >= 15 is 0 Å². The van der Waals surface area contributed by atoms with E-state index in [1.54, 1.807) is 24.3 Å². The minimum atomic E-state index is -1.67. The number of carbonyl (C=O) groups is 1. The second kappa shape index (κ2) is 13.9. The summed E-state index contributed by atoms with van der Waals surface area (Å²) in [7, 11) is 3.04. The van der Waals surface area contributed by atoms with Crippen LogP contribution in [0.5, 0.6) is 28.7 Å². The van der Waals surface area contributed by atoms with Crippen LogP contribution in [-0.4, -0.2) is 145 Å². The van der Waals surface area contributed by atoms with Gasteiger partial charge in [0.15, 0.2) is 29.9 Å². The summed E-state index contributed by atoms with van der Waals surface area (Å²) >= 11 is 0. The summed E-state index contributed by atoms with van der Waals surface area (Å²) < 4.78 is 51.5. The monoisotopic (exact) mass is 704 g/mol. The Bertz CT molecular complexity index is 1610. The van der Waals surface area contributed by atoms with Crippen molar-refractivity contribution in [1.29, 1.82) is 0 Å². The minimum Gasteiger partial charge on any atom is -0.493 e. The van der Waals surface area contributed by atoms with Crippen molar-refractivity contribution in [3.8, 4) is 28.7 Å². The summed E-state index contributed by atoms with van der Waals surface area (Å²) in [4.78, 5) is 13.9. The molecule has 5 heterocycles. The lowest BCUT2D eigenvalue weighted by Gasteiger charge is -2.41. The summed E-state index contributed by atoms with van der Waals surface area (Å²) in [6.45, 7) is 3.35. The Labute approximate surface area is 286 Å². The molecule has 6 N–H and O–H groups in total. The first kappa shape index (κ1) is 34.9. The molecule has 2 fully saturated rings. The third kappa shape index (κ3) is 6.08. The first-order valence-corrected chi connectivity index (χ1v) is 16.2. The molecule has 5 aliphatic rings. The molecule has 0 amide bonds. The van der Waals surface area contributed by atoms with E-state index in [0.717, 1.165) is 0 Å². The third-order valence-electron chi connectivity index (χ3n) is 9.76. The van der Waals surface area contributed by atoms with Gasteiger partial charge in [-0.25, -0.2) is 0 Å². The van der Waals surface area contributed by atoms with Crippen LogP contribution in [0.25, 0.3) is 0 Å². The van der Waals surface area contributed by atoms with Gasteiger partial charge in [-0.15, -0.1) is 0 Å². The van der Waals surface area contributed by atoms with E-state index in [1.807, 2.05) is 0 Å². The second-order valence-electron chi connectivity index (χ2n) is 12.9. The molecule has 0 unspecified atom stereocenters. The predicted molar refractivity (Wildman–Crippen MR) is 167 cm³/mol. The van der Waals surface area contributed by atoms with Gasteiger partial charge in [-0.3, -0.25) is 4.79 Å². The summed E-state index contributed by atoms with van der Waals surface area (Å²) in [5.74, 6) is 1.67. The molecule has 12 atom stereocenters. The number of hydrogen-bond acceptors (Lipinski definition) is 16. The van der Waals surface area contributed by atoms with Gasteiger partial charge in [0.25, 0.3) is 0 Å². The number of carbonyl (C=O) groups excluding carboxylic acids is 1. The molecule has 16 heteroatoms. The van der Waals surface area contributed by atoms with Crippen LogP contribution in [0.2, 0.25) is 0 Å². The number of Topliss-reactive ketones (excluding diaryl/α,β-unsaturated/α-hetero) is 1. The number of aliphatic hydroxyl groups excluding tert-OH is 6. The van der Waals surface area contributed by atoms with Crippen LogP contribution in [-0.2, 0) is 25.4 Å². The number of rotatable bonds is 9. The second-order valence-corrected chi connectivity index (χ2v) is 12.9. The fourth-order valence-corrected chi connectivity index (χ4v) is 6.88. The largest absolute Gasteiger partial charge is 0.493 e. The summed E-state index contributed by atoms with van der Waals surface area (Å²) in [5.41, 5.74) is 2.20. The zero-order chi connectivity index (χ0) is 35.4. The van der Waals surface area contributed by atoms with Gasteiger partial charge in [-0.1, -0.05) is 6.58 Å². The van der Waals surface area contributed by atoms with Crippen molar-refractivity contribution in [2.24, 2.45) is 0 Å². The van der Waals surface area contributed by atoms with E-state index in [-0.39, 0.29) is 25.6 Å². The number of fused-ring (bicyclic) bond motifs is 6. The molecular weight excluding hydrogens is 664 g/mol. The van der Waals surface area contributed by atoms with Crippen molar-refractivity contribution in [3.05, 3.63) is 53.1 Å². The fraction of sp³-hybridized carbons (Fsp3) is 0.559. The molecule has 2 saturated heterocycles. The van der Waals surface area contributed by atoms with Gasteiger partial charge in [-0.2, -0.15) is 0 Å². The third-order valence-corrected chi connectivity index (χ3v) is 9.76. The molecule has 0 aliphatic carbocycles.